The molecule has 1 aliphatic rings. The van der Waals surface area contributed by atoms with E-state index in [0.717, 1.165) is 37.5 Å². The fraction of sp³-hybridized carbons (Fsp3) is 0.462. The van der Waals surface area contributed by atoms with Gasteiger partial charge in [0.1, 0.15) is 5.82 Å². The predicted octanol–water partition coefficient (Wildman–Crippen LogP) is 2.03. The van der Waals surface area contributed by atoms with Crippen LogP contribution in [0.25, 0.3) is 0 Å². The van der Waals surface area contributed by atoms with Crippen LogP contribution in [0.2, 0.25) is 0 Å². The van der Waals surface area contributed by atoms with Gasteiger partial charge in [-0.3, -0.25) is 14.9 Å². The quantitative estimate of drug-likeness (QED) is 0.661. The summed E-state index contributed by atoms with van der Waals surface area (Å²) in [7, 11) is 1.57. The van der Waals surface area contributed by atoms with Gasteiger partial charge in [0.25, 0.3) is 11.6 Å². The summed E-state index contributed by atoms with van der Waals surface area (Å²) < 4.78 is 18.9. The Bertz CT molecular complexity index is 538. The second-order valence-corrected chi connectivity index (χ2v) is 4.84. The molecule has 1 aromatic rings. The van der Waals surface area contributed by atoms with Crippen molar-refractivity contribution >= 4 is 11.6 Å². The molecule has 1 aromatic carbocycles. The van der Waals surface area contributed by atoms with E-state index in [2.05, 4.69) is 5.32 Å². The molecule has 7 heteroatoms. The predicted molar refractivity (Wildman–Crippen MR) is 69.0 cm³/mol. The number of rotatable bonds is 5. The largest absolute Gasteiger partial charge is 0.376 e. The minimum Gasteiger partial charge on any atom is -0.376 e. The highest BCUT2D eigenvalue weighted by Crippen LogP contribution is 2.34. The zero-order valence-electron chi connectivity index (χ0n) is 11.0. The van der Waals surface area contributed by atoms with Crippen LogP contribution in [0.15, 0.2) is 18.2 Å². The molecule has 20 heavy (non-hydrogen) atoms. The van der Waals surface area contributed by atoms with Crippen molar-refractivity contribution in [2.75, 3.05) is 13.7 Å². The van der Waals surface area contributed by atoms with E-state index in [4.69, 9.17) is 4.74 Å². The van der Waals surface area contributed by atoms with Gasteiger partial charge in [0.05, 0.1) is 16.1 Å². The molecule has 108 valence electrons. The van der Waals surface area contributed by atoms with E-state index in [1.54, 1.807) is 7.11 Å². The number of methoxy groups -OCH3 is 1. The molecular weight excluding hydrogens is 267 g/mol. The Hall–Kier alpha value is -2.02. The number of ether oxygens (including phenoxy) is 1. The van der Waals surface area contributed by atoms with Gasteiger partial charge in [-0.25, -0.2) is 4.39 Å². The summed E-state index contributed by atoms with van der Waals surface area (Å²) in [4.78, 5) is 21.9. The zero-order valence-corrected chi connectivity index (χ0v) is 11.0. The van der Waals surface area contributed by atoms with Crippen LogP contribution in [0.1, 0.15) is 29.6 Å². The summed E-state index contributed by atoms with van der Waals surface area (Å²) in [6.45, 7) is 0.268. The maximum atomic E-state index is 13.6. The molecule has 0 bridgehead atoms. The number of halogens is 1. The molecule has 1 fully saturated rings. The van der Waals surface area contributed by atoms with Crippen LogP contribution in [-0.4, -0.2) is 30.1 Å². The number of nitro groups is 1. The van der Waals surface area contributed by atoms with Crippen LogP contribution < -0.4 is 5.32 Å². The number of amides is 1. The summed E-state index contributed by atoms with van der Waals surface area (Å²) >= 11 is 0. The van der Waals surface area contributed by atoms with Gasteiger partial charge in [-0.15, -0.1) is 0 Å². The minimum atomic E-state index is -0.784. The molecular formula is C13H15FN2O4. The fourth-order valence-electron chi connectivity index (χ4n) is 2.16. The second-order valence-electron chi connectivity index (χ2n) is 4.84. The van der Waals surface area contributed by atoms with Crippen molar-refractivity contribution in [1.82, 2.24) is 5.32 Å². The monoisotopic (exact) mass is 282 g/mol. The number of hydrogen-bond acceptors (Lipinski definition) is 4. The van der Waals surface area contributed by atoms with E-state index < -0.39 is 16.6 Å². The Kier molecular flexibility index (Phi) is 3.99. The topological polar surface area (TPSA) is 81.5 Å². The van der Waals surface area contributed by atoms with Crippen molar-refractivity contribution in [2.24, 2.45) is 0 Å². The number of nitro benzene ring substituents is 1. The Labute approximate surface area is 115 Å². The van der Waals surface area contributed by atoms with E-state index in [1.807, 2.05) is 0 Å². The lowest BCUT2D eigenvalue weighted by atomic mass is 9.80. The van der Waals surface area contributed by atoms with Crippen molar-refractivity contribution in [2.45, 2.75) is 24.9 Å². The van der Waals surface area contributed by atoms with Gasteiger partial charge in [0.15, 0.2) is 0 Å². The van der Waals surface area contributed by atoms with E-state index in [0.29, 0.717) is 0 Å². The highest BCUT2D eigenvalue weighted by Gasteiger charge is 2.37. The molecule has 0 heterocycles. The molecule has 6 nitrogen and oxygen atoms in total. The van der Waals surface area contributed by atoms with Crippen molar-refractivity contribution < 1.29 is 18.8 Å². The fourth-order valence-corrected chi connectivity index (χ4v) is 2.16. The third-order valence-electron chi connectivity index (χ3n) is 3.67. The molecule has 0 aliphatic heterocycles. The van der Waals surface area contributed by atoms with E-state index in [1.165, 1.54) is 0 Å². The molecule has 0 spiro atoms. The van der Waals surface area contributed by atoms with Crippen LogP contribution >= 0.6 is 0 Å². The standard InChI is InChI=1S/C13H15FN2O4/c1-20-13(5-2-6-13)8-15-12(17)10-7-9(16(18)19)3-4-11(10)14/h3-4,7H,2,5-6,8H2,1H3,(H,15,17). The lowest BCUT2D eigenvalue weighted by Gasteiger charge is -2.40. The molecule has 0 saturated heterocycles. The zero-order chi connectivity index (χ0) is 14.8. The lowest BCUT2D eigenvalue weighted by molar-refractivity contribution is -0.384. The van der Waals surface area contributed by atoms with Crippen LogP contribution in [0.3, 0.4) is 0 Å². The summed E-state index contributed by atoms with van der Waals surface area (Å²) in [6.07, 6.45) is 2.69. The van der Waals surface area contributed by atoms with Crippen LogP contribution in [0, 0.1) is 15.9 Å². The Balaban J connectivity index is 2.09. The number of nitrogens with zero attached hydrogens (tertiary/aromatic N) is 1. The van der Waals surface area contributed by atoms with Gasteiger partial charge in [0, 0.05) is 25.8 Å². The Morgan fingerprint density at radius 3 is 2.75 bits per heavy atom. The van der Waals surface area contributed by atoms with Gasteiger partial charge >= 0.3 is 0 Å². The summed E-state index contributed by atoms with van der Waals surface area (Å²) in [5.41, 5.74) is -1.03. The van der Waals surface area contributed by atoms with Crippen LogP contribution in [-0.2, 0) is 4.74 Å². The smallest absolute Gasteiger partial charge is 0.270 e. The molecule has 1 amide bonds. The first-order valence-electron chi connectivity index (χ1n) is 6.25. The molecule has 0 aromatic heterocycles. The first kappa shape index (κ1) is 14.4. The van der Waals surface area contributed by atoms with Crippen molar-refractivity contribution in [1.29, 1.82) is 0 Å². The highest BCUT2D eigenvalue weighted by molar-refractivity contribution is 5.95. The number of non-ortho nitro benzene ring substituents is 1. The molecule has 0 radical (unpaired) electrons. The molecule has 0 atom stereocenters. The van der Waals surface area contributed by atoms with Crippen molar-refractivity contribution in [3.05, 3.63) is 39.7 Å². The molecule has 0 unspecified atom stereocenters. The van der Waals surface area contributed by atoms with Gasteiger partial charge < -0.3 is 10.1 Å². The van der Waals surface area contributed by atoms with Gasteiger partial charge in [-0.05, 0) is 25.3 Å². The summed E-state index contributed by atoms with van der Waals surface area (Å²) in [5, 5.41) is 13.2. The van der Waals surface area contributed by atoms with Crippen molar-refractivity contribution in [3.63, 3.8) is 0 Å². The average molecular weight is 282 g/mol. The van der Waals surface area contributed by atoms with Crippen LogP contribution in [0.5, 0.6) is 0 Å². The normalized spacial score (nSPS) is 16.3. The Morgan fingerprint density at radius 1 is 1.55 bits per heavy atom. The van der Waals surface area contributed by atoms with Crippen molar-refractivity contribution in [3.8, 4) is 0 Å². The lowest BCUT2D eigenvalue weighted by Crippen LogP contribution is -2.49. The second kappa shape index (κ2) is 5.54. The summed E-state index contributed by atoms with van der Waals surface area (Å²) in [5.74, 6) is -1.46. The third-order valence-corrected chi connectivity index (χ3v) is 3.67. The van der Waals surface area contributed by atoms with E-state index in [9.17, 15) is 19.3 Å². The van der Waals surface area contributed by atoms with Gasteiger partial charge in [-0.2, -0.15) is 0 Å². The number of nitrogens with one attached hydrogen (secondary N) is 1. The number of hydrogen-bond donors (Lipinski definition) is 1. The maximum Gasteiger partial charge on any atom is 0.270 e. The first-order valence-corrected chi connectivity index (χ1v) is 6.25. The third kappa shape index (κ3) is 2.77. The molecule has 1 aliphatic carbocycles. The molecule has 2 rings (SSSR count). The number of carbonyl (C=O) groups is 1. The SMILES string of the molecule is COC1(CNC(=O)c2cc([N+](=O)[O-])ccc2F)CCC1. The molecule has 1 saturated carbocycles. The first-order chi connectivity index (χ1) is 9.47. The summed E-state index contributed by atoms with van der Waals surface area (Å²) in [6, 6.07) is 2.88. The Morgan fingerprint density at radius 2 is 2.25 bits per heavy atom. The van der Waals surface area contributed by atoms with Gasteiger partial charge in [0.2, 0.25) is 0 Å². The van der Waals surface area contributed by atoms with Gasteiger partial charge in [-0.1, -0.05) is 0 Å². The van der Waals surface area contributed by atoms with Crippen LogP contribution in [0.4, 0.5) is 10.1 Å². The minimum absolute atomic E-state index is 0.268. The average Bonchev–Trinajstić information content (AvgIpc) is 2.38. The van der Waals surface area contributed by atoms with E-state index in [-0.39, 0.29) is 23.4 Å². The maximum absolute atomic E-state index is 13.6. The highest BCUT2D eigenvalue weighted by atomic mass is 19.1. The molecule has 1 N–H and O–H groups in total. The number of carbonyl (C=O) groups excluding carboxylic acids is 1. The number of benzene rings is 1. The van der Waals surface area contributed by atoms with E-state index >= 15 is 0 Å².